The second-order valence-corrected chi connectivity index (χ2v) is 5.73. The van der Waals surface area contributed by atoms with Gasteiger partial charge in [0.05, 0.1) is 6.61 Å². The van der Waals surface area contributed by atoms with Crippen molar-refractivity contribution < 1.29 is 9.53 Å². The summed E-state index contributed by atoms with van der Waals surface area (Å²) in [5.41, 5.74) is 2.70. The van der Waals surface area contributed by atoms with Crippen LogP contribution >= 0.6 is 0 Å². The van der Waals surface area contributed by atoms with Crippen LogP contribution in [0.2, 0.25) is 0 Å². The van der Waals surface area contributed by atoms with Gasteiger partial charge < -0.3 is 20.3 Å². The highest BCUT2D eigenvalue weighted by molar-refractivity contribution is 5.81. The molecule has 1 saturated heterocycles. The zero-order valence-electron chi connectivity index (χ0n) is 12.5. The third kappa shape index (κ3) is 3.19. The van der Waals surface area contributed by atoms with E-state index in [1.165, 1.54) is 11.3 Å². The minimum atomic E-state index is -0.350. The number of rotatable bonds is 4. The van der Waals surface area contributed by atoms with E-state index >= 15 is 0 Å². The molecule has 5 heteroatoms. The van der Waals surface area contributed by atoms with E-state index in [9.17, 15) is 4.79 Å². The van der Waals surface area contributed by atoms with Gasteiger partial charge in [0.2, 0.25) is 0 Å². The maximum Gasteiger partial charge on any atom is 0.250 e. The number of hydrogen-bond donors (Lipinski definition) is 2. The fraction of sp³-hybridized carbons (Fsp3) is 0.562. The van der Waals surface area contributed by atoms with Crippen molar-refractivity contribution in [1.29, 1.82) is 0 Å². The van der Waals surface area contributed by atoms with Gasteiger partial charge in [0.1, 0.15) is 6.10 Å². The lowest BCUT2D eigenvalue weighted by atomic mass is 10.2. The van der Waals surface area contributed by atoms with Gasteiger partial charge in [-0.25, -0.2) is 0 Å². The second kappa shape index (κ2) is 6.45. The number of ether oxygens (including phenoxy) is 1. The zero-order valence-corrected chi connectivity index (χ0v) is 12.5. The van der Waals surface area contributed by atoms with Crippen molar-refractivity contribution in [3.63, 3.8) is 0 Å². The molecule has 3 rings (SSSR count). The number of carbonyl (C=O) groups is 1. The van der Waals surface area contributed by atoms with Crippen molar-refractivity contribution in [1.82, 2.24) is 10.6 Å². The number of nitrogens with one attached hydrogen (secondary N) is 2. The van der Waals surface area contributed by atoms with Gasteiger partial charge in [0.15, 0.2) is 0 Å². The lowest BCUT2D eigenvalue weighted by molar-refractivity contribution is -0.134. The Balaban J connectivity index is 1.53. The monoisotopic (exact) mass is 289 g/mol. The van der Waals surface area contributed by atoms with Crippen LogP contribution in [0, 0.1) is 0 Å². The Bertz CT molecular complexity index is 500. The van der Waals surface area contributed by atoms with Gasteiger partial charge >= 0.3 is 0 Å². The number of fused-ring (bicyclic) bond motifs is 1. The molecule has 1 amide bonds. The fourth-order valence-electron chi connectivity index (χ4n) is 3.03. The summed E-state index contributed by atoms with van der Waals surface area (Å²) in [6.45, 7) is 5.86. The number of amides is 1. The molecule has 1 aromatic carbocycles. The molecule has 0 radical (unpaired) electrons. The number of nitrogens with zero attached hydrogens (tertiary/aromatic N) is 1. The van der Waals surface area contributed by atoms with Gasteiger partial charge in [0.25, 0.3) is 5.91 Å². The van der Waals surface area contributed by atoms with Crippen LogP contribution in [0.25, 0.3) is 0 Å². The van der Waals surface area contributed by atoms with Crippen LogP contribution in [0.1, 0.15) is 12.5 Å². The lowest BCUT2D eigenvalue weighted by Crippen LogP contribution is -2.50. The number of carbonyl (C=O) groups excluding carboxylic acids is 1. The van der Waals surface area contributed by atoms with E-state index in [4.69, 9.17) is 4.74 Å². The molecule has 0 spiro atoms. The molecule has 2 atom stereocenters. The number of benzene rings is 1. The summed E-state index contributed by atoms with van der Waals surface area (Å²) >= 11 is 0. The van der Waals surface area contributed by atoms with E-state index in [0.717, 1.165) is 19.5 Å². The average molecular weight is 289 g/mol. The van der Waals surface area contributed by atoms with Crippen molar-refractivity contribution >= 4 is 11.6 Å². The minimum Gasteiger partial charge on any atom is -0.366 e. The molecule has 0 aliphatic carbocycles. The number of para-hydroxylation sites is 1. The van der Waals surface area contributed by atoms with Crippen LogP contribution in [0.4, 0.5) is 5.69 Å². The zero-order chi connectivity index (χ0) is 14.7. The quantitative estimate of drug-likeness (QED) is 0.849. The average Bonchev–Trinajstić information content (AvgIpc) is 2.97. The standard InChI is InChI=1S/C16H23N3O2/c1-12(10-18-16(20)15-11-17-7-9-21-15)19-8-6-13-4-2-3-5-14(13)19/h2-5,12,15,17H,6-11H2,1H3,(H,18,20). The molecule has 21 heavy (non-hydrogen) atoms. The molecular formula is C16H23N3O2. The molecule has 2 aliphatic heterocycles. The Morgan fingerprint density at radius 1 is 1.52 bits per heavy atom. The highest BCUT2D eigenvalue weighted by atomic mass is 16.5. The van der Waals surface area contributed by atoms with E-state index in [1.807, 2.05) is 0 Å². The Hall–Kier alpha value is -1.59. The van der Waals surface area contributed by atoms with E-state index in [2.05, 4.69) is 46.7 Å². The van der Waals surface area contributed by atoms with Crippen molar-refractivity contribution in [3.8, 4) is 0 Å². The van der Waals surface area contributed by atoms with E-state index in [0.29, 0.717) is 19.7 Å². The summed E-state index contributed by atoms with van der Waals surface area (Å²) in [6.07, 6.45) is 0.737. The van der Waals surface area contributed by atoms with Crippen LogP contribution < -0.4 is 15.5 Å². The summed E-state index contributed by atoms with van der Waals surface area (Å²) in [7, 11) is 0. The molecule has 0 saturated carbocycles. The first-order valence-corrected chi connectivity index (χ1v) is 7.70. The Morgan fingerprint density at radius 2 is 2.38 bits per heavy atom. The summed E-state index contributed by atoms with van der Waals surface area (Å²) in [5, 5.41) is 6.19. The number of hydrogen-bond acceptors (Lipinski definition) is 4. The molecule has 2 unspecified atom stereocenters. The fourth-order valence-corrected chi connectivity index (χ4v) is 3.03. The van der Waals surface area contributed by atoms with Crippen LogP contribution in [-0.2, 0) is 16.0 Å². The molecule has 1 aromatic rings. The van der Waals surface area contributed by atoms with Crippen molar-refractivity contribution in [2.24, 2.45) is 0 Å². The maximum atomic E-state index is 12.1. The van der Waals surface area contributed by atoms with Gasteiger partial charge in [-0.1, -0.05) is 18.2 Å². The molecular weight excluding hydrogens is 266 g/mol. The third-order valence-electron chi connectivity index (χ3n) is 4.25. The van der Waals surface area contributed by atoms with Crippen LogP contribution in [0.5, 0.6) is 0 Å². The van der Waals surface area contributed by atoms with Crippen LogP contribution in [-0.4, -0.2) is 50.8 Å². The molecule has 2 N–H and O–H groups in total. The van der Waals surface area contributed by atoms with Crippen molar-refractivity contribution in [2.75, 3.05) is 37.7 Å². The summed E-state index contributed by atoms with van der Waals surface area (Å²) < 4.78 is 5.47. The summed E-state index contributed by atoms with van der Waals surface area (Å²) in [5.74, 6) is -0.0125. The minimum absolute atomic E-state index is 0.0125. The first-order valence-electron chi connectivity index (χ1n) is 7.70. The first-order chi connectivity index (χ1) is 10.3. The molecule has 5 nitrogen and oxygen atoms in total. The van der Waals surface area contributed by atoms with Crippen LogP contribution in [0.15, 0.2) is 24.3 Å². The summed E-state index contributed by atoms with van der Waals surface area (Å²) in [6, 6.07) is 8.79. The molecule has 2 heterocycles. The normalized spacial score (nSPS) is 22.7. The molecule has 0 bridgehead atoms. The Morgan fingerprint density at radius 3 is 3.19 bits per heavy atom. The Kier molecular flexibility index (Phi) is 4.41. The van der Waals surface area contributed by atoms with Gasteiger partial charge in [-0.3, -0.25) is 4.79 Å². The number of morpholine rings is 1. The van der Waals surface area contributed by atoms with Crippen molar-refractivity contribution in [2.45, 2.75) is 25.5 Å². The predicted molar refractivity (Wildman–Crippen MR) is 82.6 cm³/mol. The highest BCUT2D eigenvalue weighted by Gasteiger charge is 2.25. The smallest absolute Gasteiger partial charge is 0.250 e. The van der Waals surface area contributed by atoms with Gasteiger partial charge in [-0.15, -0.1) is 0 Å². The molecule has 0 aromatic heterocycles. The maximum absolute atomic E-state index is 12.1. The van der Waals surface area contributed by atoms with Gasteiger partial charge in [-0.2, -0.15) is 0 Å². The third-order valence-corrected chi connectivity index (χ3v) is 4.25. The topological polar surface area (TPSA) is 53.6 Å². The van der Waals surface area contributed by atoms with Gasteiger partial charge in [0, 0.05) is 37.9 Å². The molecule has 2 aliphatic rings. The number of anilines is 1. The second-order valence-electron chi connectivity index (χ2n) is 5.73. The summed E-state index contributed by atoms with van der Waals surface area (Å²) in [4.78, 5) is 14.4. The SMILES string of the molecule is CC(CNC(=O)C1CNCCO1)N1CCc2ccccc21. The van der Waals surface area contributed by atoms with Crippen LogP contribution in [0.3, 0.4) is 0 Å². The first kappa shape index (κ1) is 14.4. The highest BCUT2D eigenvalue weighted by Crippen LogP contribution is 2.28. The lowest BCUT2D eigenvalue weighted by Gasteiger charge is -2.29. The Labute approximate surface area is 125 Å². The van der Waals surface area contributed by atoms with Crippen molar-refractivity contribution in [3.05, 3.63) is 29.8 Å². The molecule has 114 valence electrons. The van der Waals surface area contributed by atoms with Gasteiger partial charge in [-0.05, 0) is 25.0 Å². The largest absolute Gasteiger partial charge is 0.366 e. The predicted octanol–water partition coefficient (Wildman–Crippen LogP) is 0.542. The van der Waals surface area contributed by atoms with E-state index < -0.39 is 0 Å². The molecule has 1 fully saturated rings. The van der Waals surface area contributed by atoms with E-state index in [1.54, 1.807) is 0 Å². The van der Waals surface area contributed by atoms with E-state index in [-0.39, 0.29) is 18.1 Å².